The Labute approximate surface area is 182 Å². The average Bonchev–Trinajstić information content (AvgIpc) is 3.12. The number of rotatable bonds is 10. The van der Waals surface area contributed by atoms with Gasteiger partial charge in [-0.15, -0.1) is 0 Å². The predicted molar refractivity (Wildman–Crippen MR) is 116 cm³/mol. The highest BCUT2D eigenvalue weighted by atomic mass is 16.6. The molecule has 1 aliphatic rings. The fourth-order valence-electron chi connectivity index (χ4n) is 3.49. The van der Waals surface area contributed by atoms with Crippen molar-refractivity contribution in [1.29, 1.82) is 0 Å². The number of ether oxygens (including phenoxy) is 4. The van der Waals surface area contributed by atoms with Crippen LogP contribution in [0.1, 0.15) is 16.7 Å². The standard InChI is InChI=1S/C26H26O5/c27-26-25(30-18-22-14-8-3-9-15-22)24(29-17-21-12-6-2-7-13-21)23(31-26)19-28-16-20-10-4-1-5-11-20/h1-15,23-25H,16-19H2/t23-,24?,25+/m1/s1. The minimum Gasteiger partial charge on any atom is -0.455 e. The van der Waals surface area contributed by atoms with E-state index in [2.05, 4.69) is 0 Å². The molecule has 5 heteroatoms. The Morgan fingerprint density at radius 2 is 1.13 bits per heavy atom. The highest BCUT2D eigenvalue weighted by molar-refractivity contribution is 5.78. The fraction of sp³-hybridized carbons (Fsp3) is 0.269. The molecule has 1 saturated heterocycles. The van der Waals surface area contributed by atoms with Crippen molar-refractivity contribution in [3.8, 4) is 0 Å². The van der Waals surface area contributed by atoms with Gasteiger partial charge in [-0.3, -0.25) is 0 Å². The van der Waals surface area contributed by atoms with Gasteiger partial charge in [-0.1, -0.05) is 91.0 Å². The van der Waals surface area contributed by atoms with E-state index in [4.69, 9.17) is 18.9 Å². The molecule has 4 rings (SSSR count). The summed E-state index contributed by atoms with van der Waals surface area (Å²) in [6.07, 6.45) is -1.87. The van der Waals surface area contributed by atoms with Gasteiger partial charge in [-0.25, -0.2) is 4.79 Å². The maximum Gasteiger partial charge on any atom is 0.338 e. The normalized spacial score (nSPS) is 20.5. The Bertz CT molecular complexity index is 930. The Morgan fingerprint density at radius 1 is 0.645 bits per heavy atom. The molecule has 3 aromatic carbocycles. The molecular formula is C26H26O5. The Hall–Kier alpha value is -2.99. The predicted octanol–water partition coefficient (Wildman–Crippen LogP) is 4.30. The Balaban J connectivity index is 1.40. The van der Waals surface area contributed by atoms with Gasteiger partial charge in [-0.05, 0) is 16.7 Å². The summed E-state index contributed by atoms with van der Waals surface area (Å²) in [6.45, 7) is 1.35. The lowest BCUT2D eigenvalue weighted by atomic mass is 10.1. The zero-order valence-electron chi connectivity index (χ0n) is 17.3. The Kier molecular flexibility index (Phi) is 7.45. The van der Waals surface area contributed by atoms with Crippen LogP contribution in [0.15, 0.2) is 91.0 Å². The van der Waals surface area contributed by atoms with Crippen molar-refractivity contribution in [1.82, 2.24) is 0 Å². The van der Waals surface area contributed by atoms with E-state index in [1.807, 2.05) is 91.0 Å². The van der Waals surface area contributed by atoms with Crippen LogP contribution in [-0.2, 0) is 43.6 Å². The Morgan fingerprint density at radius 3 is 1.68 bits per heavy atom. The second-order valence-corrected chi connectivity index (χ2v) is 7.45. The van der Waals surface area contributed by atoms with Crippen molar-refractivity contribution < 1.29 is 23.7 Å². The third-order valence-corrected chi connectivity index (χ3v) is 5.12. The van der Waals surface area contributed by atoms with Gasteiger partial charge in [0.1, 0.15) is 6.10 Å². The molecule has 1 aliphatic heterocycles. The molecule has 31 heavy (non-hydrogen) atoms. The monoisotopic (exact) mass is 418 g/mol. The molecule has 1 unspecified atom stereocenters. The number of carbonyl (C=O) groups excluding carboxylic acids is 1. The van der Waals surface area contributed by atoms with E-state index in [-0.39, 0.29) is 6.61 Å². The van der Waals surface area contributed by atoms with Crippen molar-refractivity contribution in [2.45, 2.75) is 38.1 Å². The summed E-state index contributed by atoms with van der Waals surface area (Å²) in [7, 11) is 0. The molecule has 0 amide bonds. The summed E-state index contributed by atoms with van der Waals surface area (Å²) in [6, 6.07) is 29.5. The summed E-state index contributed by atoms with van der Waals surface area (Å²) in [5.41, 5.74) is 3.07. The lowest BCUT2D eigenvalue weighted by Gasteiger charge is -2.22. The zero-order chi connectivity index (χ0) is 21.3. The van der Waals surface area contributed by atoms with Crippen LogP contribution < -0.4 is 0 Å². The lowest BCUT2D eigenvalue weighted by Crippen LogP contribution is -2.38. The maximum absolute atomic E-state index is 12.6. The fourth-order valence-corrected chi connectivity index (χ4v) is 3.49. The van der Waals surface area contributed by atoms with Crippen LogP contribution in [0.3, 0.4) is 0 Å². The second kappa shape index (κ2) is 10.9. The molecule has 160 valence electrons. The molecule has 0 aromatic heterocycles. The van der Waals surface area contributed by atoms with E-state index in [1.54, 1.807) is 0 Å². The molecule has 0 spiro atoms. The molecule has 0 bridgehead atoms. The summed E-state index contributed by atoms with van der Waals surface area (Å²) in [4.78, 5) is 12.6. The molecule has 3 aromatic rings. The zero-order valence-corrected chi connectivity index (χ0v) is 17.3. The quantitative estimate of drug-likeness (QED) is 0.460. The van der Waals surface area contributed by atoms with Crippen molar-refractivity contribution in [3.05, 3.63) is 108 Å². The first-order valence-electron chi connectivity index (χ1n) is 10.4. The summed E-state index contributed by atoms with van der Waals surface area (Å²) >= 11 is 0. The van der Waals surface area contributed by atoms with Crippen LogP contribution in [-0.4, -0.2) is 30.9 Å². The molecular weight excluding hydrogens is 392 g/mol. The molecule has 0 N–H and O–H groups in total. The molecule has 1 fully saturated rings. The maximum atomic E-state index is 12.6. The first-order chi connectivity index (χ1) is 15.3. The van der Waals surface area contributed by atoms with Crippen LogP contribution >= 0.6 is 0 Å². The third kappa shape index (κ3) is 6.01. The molecule has 5 nitrogen and oxygen atoms in total. The molecule has 0 aliphatic carbocycles. The van der Waals surface area contributed by atoms with Crippen molar-refractivity contribution in [3.63, 3.8) is 0 Å². The van der Waals surface area contributed by atoms with E-state index in [1.165, 1.54) is 0 Å². The lowest BCUT2D eigenvalue weighted by molar-refractivity contribution is -0.152. The van der Waals surface area contributed by atoms with Crippen LogP contribution in [0.25, 0.3) is 0 Å². The highest BCUT2D eigenvalue weighted by Crippen LogP contribution is 2.25. The number of hydrogen-bond acceptors (Lipinski definition) is 5. The SMILES string of the molecule is O=C1O[C@H](COCc2ccccc2)C(OCc2ccccc2)[C@@H]1OCc1ccccc1. The van der Waals surface area contributed by atoms with Crippen molar-refractivity contribution in [2.75, 3.05) is 6.61 Å². The minimum atomic E-state index is -0.797. The van der Waals surface area contributed by atoms with Crippen LogP contribution in [0.2, 0.25) is 0 Å². The van der Waals surface area contributed by atoms with E-state index >= 15 is 0 Å². The largest absolute Gasteiger partial charge is 0.455 e. The van der Waals surface area contributed by atoms with E-state index in [0.717, 1.165) is 16.7 Å². The van der Waals surface area contributed by atoms with E-state index in [9.17, 15) is 4.79 Å². The summed E-state index contributed by atoms with van der Waals surface area (Å²) < 4.78 is 23.5. The summed E-state index contributed by atoms with van der Waals surface area (Å²) in [5, 5.41) is 0. The van der Waals surface area contributed by atoms with E-state index < -0.39 is 24.3 Å². The van der Waals surface area contributed by atoms with Gasteiger partial charge in [0.2, 0.25) is 0 Å². The molecule has 0 saturated carbocycles. The first-order valence-corrected chi connectivity index (χ1v) is 10.4. The van der Waals surface area contributed by atoms with E-state index in [0.29, 0.717) is 19.8 Å². The van der Waals surface area contributed by atoms with Gasteiger partial charge in [0.15, 0.2) is 12.2 Å². The van der Waals surface area contributed by atoms with Gasteiger partial charge in [0.25, 0.3) is 0 Å². The van der Waals surface area contributed by atoms with Gasteiger partial charge in [0.05, 0.1) is 26.4 Å². The average molecular weight is 418 g/mol. The van der Waals surface area contributed by atoms with Gasteiger partial charge >= 0.3 is 5.97 Å². The first kappa shape index (κ1) is 21.2. The number of benzene rings is 3. The number of cyclic esters (lactones) is 1. The van der Waals surface area contributed by atoms with Crippen molar-refractivity contribution >= 4 is 5.97 Å². The molecule has 1 heterocycles. The topological polar surface area (TPSA) is 54.0 Å². The number of hydrogen-bond donors (Lipinski definition) is 0. The van der Waals surface area contributed by atoms with Crippen LogP contribution in [0.4, 0.5) is 0 Å². The van der Waals surface area contributed by atoms with Gasteiger partial charge in [-0.2, -0.15) is 0 Å². The van der Waals surface area contributed by atoms with Gasteiger partial charge < -0.3 is 18.9 Å². The number of esters is 1. The van der Waals surface area contributed by atoms with Crippen LogP contribution in [0, 0.1) is 0 Å². The van der Waals surface area contributed by atoms with Crippen molar-refractivity contribution in [2.24, 2.45) is 0 Å². The minimum absolute atomic E-state index is 0.241. The van der Waals surface area contributed by atoms with Gasteiger partial charge in [0, 0.05) is 0 Å². The smallest absolute Gasteiger partial charge is 0.338 e. The summed E-state index contributed by atoms with van der Waals surface area (Å²) in [5.74, 6) is -0.415. The third-order valence-electron chi connectivity index (χ3n) is 5.12. The number of carbonyl (C=O) groups is 1. The highest BCUT2D eigenvalue weighted by Gasteiger charge is 2.46. The van der Waals surface area contributed by atoms with Crippen LogP contribution in [0.5, 0.6) is 0 Å². The molecule has 0 radical (unpaired) electrons. The molecule has 3 atom stereocenters. The second-order valence-electron chi connectivity index (χ2n) is 7.45.